The maximum absolute atomic E-state index is 2.35. The van der Waals surface area contributed by atoms with Crippen LogP contribution in [0.25, 0.3) is 197 Å². The zero-order chi connectivity index (χ0) is 71.7. The van der Waals surface area contributed by atoms with Gasteiger partial charge in [0.1, 0.15) is 0 Å². The summed E-state index contributed by atoms with van der Waals surface area (Å²) in [6.07, 6.45) is 0. The van der Waals surface area contributed by atoms with E-state index in [2.05, 4.69) is 437 Å². The lowest BCUT2D eigenvalue weighted by molar-refractivity contribution is 1.62. The first kappa shape index (κ1) is 64.8. The van der Waals surface area contributed by atoms with Gasteiger partial charge in [0.2, 0.25) is 0 Å². The Bertz CT molecular complexity index is 6760. The van der Waals surface area contributed by atoms with E-state index in [1.54, 1.807) is 0 Å². The minimum atomic E-state index is 1.23. The largest absolute Gasteiger partial charge is 0.0622 e. The molecule has 0 fully saturated rings. The summed E-state index contributed by atoms with van der Waals surface area (Å²) in [5, 5.41) is 23.0. The molecule has 21 aromatic carbocycles. The summed E-state index contributed by atoms with van der Waals surface area (Å²) in [5.41, 5.74) is 22.8. The Hall–Kier alpha value is -14.0. The fourth-order valence-electron chi connectivity index (χ4n) is 16.9. The number of rotatable bonds is 9. The Balaban J connectivity index is 0.000000110. The van der Waals surface area contributed by atoms with Crippen molar-refractivity contribution in [3.63, 3.8) is 0 Å². The SMILES string of the molecule is c1ccc(-c2c3ccccc3c(-c3ccc(-c4cccc5ccccc45)cc3)c3ccccc23)cc1.c1ccc(-c2c3ccccc3c(-c3cccc(-c4ccc5ccccc5c4)c3)c3ccccc23)cc1.c1ccc(-c2c3ccccc3c(-c3ccccc3-c3ccc4ccccc4c3)c3ccccc23)cc1. The molecule has 0 aliphatic heterocycles. The lowest BCUT2D eigenvalue weighted by Crippen LogP contribution is -1.92. The van der Waals surface area contributed by atoms with Gasteiger partial charge in [0, 0.05) is 0 Å². The fourth-order valence-corrected chi connectivity index (χ4v) is 16.9. The van der Waals surface area contributed by atoms with Crippen LogP contribution in [-0.4, -0.2) is 0 Å². The molecule has 0 heterocycles. The smallest absolute Gasteiger partial charge is 0.00201 e. The molecule has 504 valence electrons. The van der Waals surface area contributed by atoms with Crippen molar-refractivity contribution in [2.24, 2.45) is 0 Å². The van der Waals surface area contributed by atoms with Gasteiger partial charge in [0.15, 0.2) is 0 Å². The van der Waals surface area contributed by atoms with Gasteiger partial charge in [-0.05, 0) is 215 Å². The third kappa shape index (κ3) is 12.0. The molecule has 0 aliphatic carbocycles. The van der Waals surface area contributed by atoms with E-state index in [4.69, 9.17) is 0 Å². The normalized spacial score (nSPS) is 11.3. The van der Waals surface area contributed by atoms with E-state index in [-0.39, 0.29) is 0 Å². The summed E-state index contributed by atoms with van der Waals surface area (Å²) < 4.78 is 0. The summed E-state index contributed by atoms with van der Waals surface area (Å²) >= 11 is 0. The van der Waals surface area contributed by atoms with Crippen molar-refractivity contribution >= 4 is 97.0 Å². The van der Waals surface area contributed by atoms with Crippen LogP contribution in [0.5, 0.6) is 0 Å². The molecule has 0 bridgehead atoms. The van der Waals surface area contributed by atoms with E-state index in [1.165, 1.54) is 197 Å². The zero-order valence-electron chi connectivity index (χ0n) is 59.6. The van der Waals surface area contributed by atoms with Crippen LogP contribution in [0.2, 0.25) is 0 Å². The second-order valence-corrected chi connectivity index (χ2v) is 28.0. The predicted octanol–water partition coefficient (Wildman–Crippen LogP) is 30.4. The van der Waals surface area contributed by atoms with Crippen LogP contribution >= 0.6 is 0 Å². The Morgan fingerprint density at radius 3 is 0.759 bits per heavy atom. The van der Waals surface area contributed by atoms with Crippen molar-refractivity contribution in [3.8, 4) is 100 Å². The Kier molecular flexibility index (Phi) is 17.1. The van der Waals surface area contributed by atoms with Crippen molar-refractivity contribution in [2.75, 3.05) is 0 Å². The lowest BCUT2D eigenvalue weighted by atomic mass is 9.84. The van der Waals surface area contributed by atoms with E-state index in [9.17, 15) is 0 Å². The van der Waals surface area contributed by atoms with Crippen LogP contribution in [-0.2, 0) is 0 Å². The lowest BCUT2D eigenvalue weighted by Gasteiger charge is -2.19. The molecule has 21 rings (SSSR count). The maximum atomic E-state index is 2.35. The van der Waals surface area contributed by atoms with Crippen LogP contribution in [0, 0.1) is 0 Å². The molecule has 0 saturated heterocycles. The highest BCUT2D eigenvalue weighted by molar-refractivity contribution is 6.25. The van der Waals surface area contributed by atoms with Crippen LogP contribution in [0.3, 0.4) is 0 Å². The Labute approximate surface area is 629 Å². The molecule has 108 heavy (non-hydrogen) atoms. The highest BCUT2D eigenvalue weighted by Crippen LogP contribution is 2.49. The molecule has 0 N–H and O–H groups in total. The van der Waals surface area contributed by atoms with Gasteiger partial charge in [-0.1, -0.05) is 419 Å². The fraction of sp³-hybridized carbons (Fsp3) is 0. The van der Waals surface area contributed by atoms with Crippen LogP contribution in [0.1, 0.15) is 0 Å². The van der Waals surface area contributed by atoms with Gasteiger partial charge in [-0.15, -0.1) is 0 Å². The minimum Gasteiger partial charge on any atom is -0.0622 e. The number of hydrogen-bond acceptors (Lipinski definition) is 0. The average Bonchev–Trinajstić information content (AvgIpc) is 0.741. The van der Waals surface area contributed by atoms with E-state index in [1.807, 2.05) is 0 Å². The first-order chi connectivity index (χ1) is 53.6. The van der Waals surface area contributed by atoms with Gasteiger partial charge in [0.05, 0.1) is 0 Å². The molecular formula is C108H72. The number of benzene rings is 21. The maximum Gasteiger partial charge on any atom is -0.00201 e. The molecule has 0 unspecified atom stereocenters. The molecule has 0 aliphatic rings. The second-order valence-electron chi connectivity index (χ2n) is 28.0. The highest BCUT2D eigenvalue weighted by Gasteiger charge is 2.22. The molecular weight excluding hydrogens is 1300 g/mol. The molecule has 0 spiro atoms. The van der Waals surface area contributed by atoms with E-state index in [0.717, 1.165) is 0 Å². The monoisotopic (exact) mass is 1370 g/mol. The van der Waals surface area contributed by atoms with E-state index >= 15 is 0 Å². The quantitative estimate of drug-likeness (QED) is 0.126. The van der Waals surface area contributed by atoms with Crippen LogP contribution in [0.4, 0.5) is 0 Å². The molecule has 0 atom stereocenters. The summed E-state index contributed by atoms with van der Waals surface area (Å²) in [7, 11) is 0. The van der Waals surface area contributed by atoms with Crippen LogP contribution in [0.15, 0.2) is 437 Å². The molecule has 0 amide bonds. The van der Waals surface area contributed by atoms with E-state index < -0.39 is 0 Å². The molecule has 21 aromatic rings. The van der Waals surface area contributed by atoms with Gasteiger partial charge >= 0.3 is 0 Å². The van der Waals surface area contributed by atoms with Crippen molar-refractivity contribution in [1.29, 1.82) is 0 Å². The van der Waals surface area contributed by atoms with Gasteiger partial charge < -0.3 is 0 Å². The molecule has 0 nitrogen and oxygen atoms in total. The first-order valence-corrected chi connectivity index (χ1v) is 37.4. The predicted molar refractivity (Wildman–Crippen MR) is 466 cm³/mol. The molecule has 0 saturated carbocycles. The number of hydrogen-bond donors (Lipinski definition) is 0. The Morgan fingerprint density at radius 1 is 0.0926 bits per heavy atom. The summed E-state index contributed by atoms with van der Waals surface area (Å²) in [5.74, 6) is 0. The third-order valence-electron chi connectivity index (χ3n) is 21.7. The van der Waals surface area contributed by atoms with Gasteiger partial charge in [-0.2, -0.15) is 0 Å². The van der Waals surface area contributed by atoms with Crippen molar-refractivity contribution in [3.05, 3.63) is 437 Å². The van der Waals surface area contributed by atoms with Crippen LogP contribution < -0.4 is 0 Å². The van der Waals surface area contributed by atoms with Gasteiger partial charge in [-0.25, -0.2) is 0 Å². The van der Waals surface area contributed by atoms with E-state index in [0.29, 0.717) is 0 Å². The summed E-state index contributed by atoms with van der Waals surface area (Å²) in [6.45, 7) is 0. The standard InChI is InChI=1S/3C36H24/c1-2-12-27(13-3-1)35-31-16-6-8-18-33(31)36(34-19-9-7-17-32(34)35)28-23-21-26(22-24-28)30-20-10-14-25-11-4-5-15-29(25)30;1-2-12-26(13-3-1)35-31-17-6-8-19-33(31)36(34-20-9-7-18-32(34)35)30-16-10-15-28(24-30)29-22-21-25-11-4-5-14-27(25)23-29;1-2-13-26(14-3-1)35-31-18-8-10-20-33(31)36(34-21-11-9-19-32(34)35)30-17-7-6-16-29(30)28-23-22-25-12-4-5-15-27(25)24-28/h3*1-24H. The van der Waals surface area contributed by atoms with Crippen molar-refractivity contribution < 1.29 is 0 Å². The van der Waals surface area contributed by atoms with Gasteiger partial charge in [0.25, 0.3) is 0 Å². The van der Waals surface area contributed by atoms with Crippen molar-refractivity contribution in [1.82, 2.24) is 0 Å². The van der Waals surface area contributed by atoms with Gasteiger partial charge in [-0.3, -0.25) is 0 Å². The zero-order valence-corrected chi connectivity index (χ0v) is 59.6. The molecule has 0 aromatic heterocycles. The Morgan fingerprint density at radius 2 is 0.333 bits per heavy atom. The second kappa shape index (κ2) is 28.5. The topological polar surface area (TPSA) is 0 Å². The summed E-state index contributed by atoms with van der Waals surface area (Å²) in [4.78, 5) is 0. The van der Waals surface area contributed by atoms with Crippen molar-refractivity contribution in [2.45, 2.75) is 0 Å². The molecule has 0 radical (unpaired) electrons. The highest BCUT2D eigenvalue weighted by atomic mass is 14.3. The number of fused-ring (bicyclic) bond motifs is 9. The third-order valence-corrected chi connectivity index (χ3v) is 21.7. The minimum absolute atomic E-state index is 1.23. The molecule has 0 heteroatoms. The summed E-state index contributed by atoms with van der Waals surface area (Å²) in [6, 6.07) is 158. The average molecular weight is 1370 g/mol. The first-order valence-electron chi connectivity index (χ1n) is 37.4.